The van der Waals surface area contributed by atoms with Crippen LogP contribution in [0.15, 0.2) is 34.9 Å². The number of aromatic nitrogens is 1. The molecule has 1 aromatic carbocycles. The fourth-order valence-electron chi connectivity index (χ4n) is 3.70. The van der Waals surface area contributed by atoms with Crippen molar-refractivity contribution in [1.82, 2.24) is 15.0 Å². The second-order valence-corrected chi connectivity index (χ2v) is 6.90. The van der Waals surface area contributed by atoms with Crippen molar-refractivity contribution in [2.45, 2.75) is 18.9 Å². The highest BCUT2D eigenvalue weighted by atomic mass is 16.5. The molecule has 3 heterocycles. The lowest BCUT2D eigenvalue weighted by atomic mass is 10.1. The van der Waals surface area contributed by atoms with Gasteiger partial charge in [0.05, 0.1) is 20.3 Å². The smallest absolute Gasteiger partial charge is 0.276 e. The Morgan fingerprint density at radius 2 is 2.00 bits per heavy atom. The van der Waals surface area contributed by atoms with Crippen molar-refractivity contribution in [3.63, 3.8) is 0 Å². The van der Waals surface area contributed by atoms with E-state index in [0.29, 0.717) is 50.8 Å². The Balaban J connectivity index is 1.50. The third-order valence-electron chi connectivity index (χ3n) is 5.21. The van der Waals surface area contributed by atoms with Crippen molar-refractivity contribution in [3.05, 3.63) is 36.0 Å². The van der Waals surface area contributed by atoms with Gasteiger partial charge in [-0.2, -0.15) is 0 Å². The zero-order valence-electron chi connectivity index (χ0n) is 15.8. The second-order valence-electron chi connectivity index (χ2n) is 6.90. The Bertz CT molecular complexity index is 859. The number of carbonyl (C=O) groups is 2. The Kier molecular flexibility index (Phi) is 5.29. The normalized spacial score (nSPS) is 19.7. The van der Waals surface area contributed by atoms with Crippen molar-refractivity contribution < 1.29 is 23.6 Å². The van der Waals surface area contributed by atoms with Gasteiger partial charge < -0.3 is 23.8 Å². The van der Waals surface area contributed by atoms with Crippen LogP contribution >= 0.6 is 0 Å². The number of benzene rings is 1. The molecule has 28 heavy (non-hydrogen) atoms. The van der Waals surface area contributed by atoms with Crippen LogP contribution in [0.3, 0.4) is 0 Å². The second kappa shape index (κ2) is 8.02. The van der Waals surface area contributed by atoms with E-state index in [1.165, 1.54) is 0 Å². The highest BCUT2D eigenvalue weighted by molar-refractivity contribution is 5.97. The van der Waals surface area contributed by atoms with Gasteiger partial charge in [0.15, 0.2) is 11.5 Å². The van der Waals surface area contributed by atoms with Crippen molar-refractivity contribution in [2.75, 3.05) is 40.0 Å². The predicted molar refractivity (Wildman–Crippen MR) is 99.9 cm³/mol. The quantitative estimate of drug-likeness (QED) is 0.798. The van der Waals surface area contributed by atoms with Crippen molar-refractivity contribution in [1.29, 1.82) is 0 Å². The van der Waals surface area contributed by atoms with E-state index in [4.69, 9.17) is 14.0 Å². The number of carbonyl (C=O) groups excluding carboxylic acids is 2. The number of amides is 2. The average Bonchev–Trinajstić information content (AvgIpc) is 3.43. The molecule has 0 N–H and O–H groups in total. The SMILES string of the molecule is COc1cccc(-c2cc(C(=O)N3CCC[C@@H]3C(=O)N3CCOCC3)no2)c1. The summed E-state index contributed by atoms with van der Waals surface area (Å²) in [4.78, 5) is 29.3. The van der Waals surface area contributed by atoms with Gasteiger partial charge in [-0.3, -0.25) is 9.59 Å². The molecule has 2 aliphatic heterocycles. The van der Waals surface area contributed by atoms with Crippen LogP contribution in [0.2, 0.25) is 0 Å². The number of hydrogen-bond donors (Lipinski definition) is 0. The summed E-state index contributed by atoms with van der Waals surface area (Å²) in [6, 6.07) is 8.52. The van der Waals surface area contributed by atoms with Crippen molar-refractivity contribution in [2.24, 2.45) is 0 Å². The third kappa shape index (κ3) is 3.60. The maximum atomic E-state index is 13.0. The molecule has 2 fully saturated rings. The monoisotopic (exact) mass is 385 g/mol. The summed E-state index contributed by atoms with van der Waals surface area (Å²) < 4.78 is 15.9. The standard InChI is InChI=1S/C20H23N3O5/c1-26-15-5-2-4-14(12-15)18-13-16(21-28-18)19(24)23-7-3-6-17(23)20(25)22-8-10-27-11-9-22/h2,4-5,12-13,17H,3,6-11H2,1H3/t17-/m1/s1. The molecule has 0 aliphatic carbocycles. The minimum Gasteiger partial charge on any atom is -0.497 e. The highest BCUT2D eigenvalue weighted by Gasteiger charge is 2.38. The average molecular weight is 385 g/mol. The zero-order valence-corrected chi connectivity index (χ0v) is 15.8. The van der Waals surface area contributed by atoms with E-state index in [9.17, 15) is 9.59 Å². The van der Waals surface area contributed by atoms with Gasteiger partial charge in [0.1, 0.15) is 11.8 Å². The molecule has 1 atom stereocenters. The number of hydrogen-bond acceptors (Lipinski definition) is 6. The summed E-state index contributed by atoms with van der Waals surface area (Å²) in [5.74, 6) is 0.891. The fourth-order valence-corrected chi connectivity index (χ4v) is 3.70. The van der Waals surface area contributed by atoms with Gasteiger partial charge in [-0.05, 0) is 25.0 Å². The van der Waals surface area contributed by atoms with Crippen molar-refractivity contribution >= 4 is 11.8 Å². The van der Waals surface area contributed by atoms with Gasteiger partial charge in [-0.15, -0.1) is 0 Å². The zero-order chi connectivity index (χ0) is 19.5. The predicted octanol–water partition coefficient (Wildman–Crippen LogP) is 1.81. The first-order valence-corrected chi connectivity index (χ1v) is 9.46. The number of rotatable bonds is 4. The summed E-state index contributed by atoms with van der Waals surface area (Å²) in [6.45, 7) is 2.77. The fraction of sp³-hybridized carbons (Fsp3) is 0.450. The van der Waals surface area contributed by atoms with Gasteiger partial charge in [-0.1, -0.05) is 17.3 Å². The molecule has 2 amide bonds. The van der Waals surface area contributed by atoms with Crippen LogP contribution in [0, 0.1) is 0 Å². The Morgan fingerprint density at radius 3 is 2.79 bits per heavy atom. The van der Waals surface area contributed by atoms with E-state index >= 15 is 0 Å². The summed E-state index contributed by atoms with van der Waals surface area (Å²) in [7, 11) is 1.59. The molecule has 148 valence electrons. The van der Waals surface area contributed by atoms with E-state index in [1.54, 1.807) is 23.0 Å². The molecule has 0 spiro atoms. The number of likely N-dealkylation sites (tertiary alicyclic amines) is 1. The maximum Gasteiger partial charge on any atom is 0.276 e. The number of nitrogens with zero attached hydrogens (tertiary/aromatic N) is 3. The lowest BCUT2D eigenvalue weighted by molar-refractivity contribution is -0.139. The van der Waals surface area contributed by atoms with E-state index in [0.717, 1.165) is 12.0 Å². The molecule has 4 rings (SSSR count). The van der Waals surface area contributed by atoms with Crippen LogP contribution in [0.25, 0.3) is 11.3 Å². The summed E-state index contributed by atoms with van der Waals surface area (Å²) in [5.41, 5.74) is 0.979. The van der Waals surface area contributed by atoms with Gasteiger partial charge >= 0.3 is 0 Å². The Morgan fingerprint density at radius 1 is 1.18 bits per heavy atom. The topological polar surface area (TPSA) is 85.1 Å². The van der Waals surface area contributed by atoms with E-state index in [2.05, 4.69) is 5.16 Å². The number of ether oxygens (including phenoxy) is 2. The Labute approximate surface area is 163 Å². The molecule has 2 aliphatic rings. The number of methoxy groups -OCH3 is 1. The third-order valence-corrected chi connectivity index (χ3v) is 5.21. The van der Waals surface area contributed by atoms with Crippen molar-refractivity contribution in [3.8, 4) is 17.1 Å². The number of morpholine rings is 1. The lowest BCUT2D eigenvalue weighted by Crippen LogP contribution is -2.51. The lowest BCUT2D eigenvalue weighted by Gasteiger charge is -2.32. The molecule has 8 nitrogen and oxygen atoms in total. The Hall–Kier alpha value is -2.87. The molecular weight excluding hydrogens is 362 g/mol. The molecule has 0 unspecified atom stereocenters. The molecule has 8 heteroatoms. The van der Waals surface area contributed by atoms with Gasteiger partial charge in [0, 0.05) is 31.3 Å². The van der Waals surface area contributed by atoms with E-state index in [1.807, 2.05) is 24.3 Å². The molecule has 0 saturated carbocycles. The van der Waals surface area contributed by atoms with Gasteiger partial charge in [0.2, 0.25) is 5.91 Å². The first kappa shape index (κ1) is 18.5. The van der Waals surface area contributed by atoms with Gasteiger partial charge in [0.25, 0.3) is 5.91 Å². The van der Waals surface area contributed by atoms with Crippen LogP contribution in [0.1, 0.15) is 23.3 Å². The minimum atomic E-state index is -0.442. The molecular formula is C20H23N3O5. The molecule has 2 saturated heterocycles. The molecule has 0 radical (unpaired) electrons. The van der Waals surface area contributed by atoms with E-state index < -0.39 is 6.04 Å². The maximum absolute atomic E-state index is 13.0. The molecule has 1 aromatic heterocycles. The largest absolute Gasteiger partial charge is 0.497 e. The highest BCUT2D eigenvalue weighted by Crippen LogP contribution is 2.27. The first-order valence-electron chi connectivity index (χ1n) is 9.46. The first-order chi connectivity index (χ1) is 13.7. The summed E-state index contributed by atoms with van der Waals surface area (Å²) in [5, 5.41) is 3.95. The van der Waals surface area contributed by atoms with Crippen LogP contribution in [-0.4, -0.2) is 72.8 Å². The summed E-state index contributed by atoms with van der Waals surface area (Å²) >= 11 is 0. The molecule has 0 bridgehead atoms. The minimum absolute atomic E-state index is 0.00864. The van der Waals surface area contributed by atoms with Gasteiger partial charge in [-0.25, -0.2) is 0 Å². The van der Waals surface area contributed by atoms with Crippen LogP contribution in [-0.2, 0) is 9.53 Å². The van der Waals surface area contributed by atoms with Crippen LogP contribution < -0.4 is 4.74 Å². The van der Waals surface area contributed by atoms with Crippen LogP contribution in [0.4, 0.5) is 0 Å². The molecule has 2 aromatic rings. The van der Waals surface area contributed by atoms with Crippen LogP contribution in [0.5, 0.6) is 5.75 Å². The van der Waals surface area contributed by atoms with E-state index in [-0.39, 0.29) is 17.5 Å². The summed E-state index contributed by atoms with van der Waals surface area (Å²) in [6.07, 6.45) is 1.47.